The zero-order valence-corrected chi connectivity index (χ0v) is 18.1. The van der Waals surface area contributed by atoms with Gasteiger partial charge in [0.05, 0.1) is 0 Å². The topological polar surface area (TPSA) is 0 Å². The molecule has 0 heterocycles. The van der Waals surface area contributed by atoms with Crippen LogP contribution in [0.15, 0.2) is 96.7 Å². The van der Waals surface area contributed by atoms with Crippen molar-refractivity contribution >= 4 is 15.8 Å². The third kappa shape index (κ3) is 11.3. The molecule has 0 N–H and O–H groups in total. The van der Waals surface area contributed by atoms with Gasteiger partial charge in [-0.1, -0.05) is 90.2 Å². The van der Waals surface area contributed by atoms with Gasteiger partial charge in [-0.2, -0.15) is 0 Å². The van der Waals surface area contributed by atoms with Gasteiger partial charge in [0, 0.05) is 0 Å². The van der Waals surface area contributed by atoms with Gasteiger partial charge < -0.3 is 0 Å². The molecule has 0 fully saturated rings. The average Bonchev–Trinajstić information content (AvgIpc) is 2.55. The minimum atomic E-state index is -0.0235. The van der Waals surface area contributed by atoms with Crippen molar-refractivity contribution in [3.63, 3.8) is 0 Å². The van der Waals surface area contributed by atoms with E-state index in [1.807, 2.05) is 50.3 Å². The lowest BCUT2D eigenvalue weighted by Crippen LogP contribution is -1.82. The van der Waals surface area contributed by atoms with Crippen molar-refractivity contribution in [2.75, 3.05) is 26.7 Å². The summed E-state index contributed by atoms with van der Waals surface area (Å²) < 4.78 is 0. The summed E-state index contributed by atoms with van der Waals surface area (Å²) in [7, 11) is -0.0470. The molecule has 0 aliphatic rings. The van der Waals surface area contributed by atoms with E-state index >= 15 is 0 Å². The van der Waals surface area contributed by atoms with E-state index in [1.165, 1.54) is 11.1 Å². The minimum Gasteiger partial charge on any atom is -0.0985 e. The molecule has 0 aromatic carbocycles. The summed E-state index contributed by atoms with van der Waals surface area (Å²) in [6.07, 6.45) is 11.5. The Morgan fingerprint density at radius 1 is 0.542 bits per heavy atom. The monoisotopic (exact) mass is 360 g/mol. The maximum atomic E-state index is 3.85. The summed E-state index contributed by atoms with van der Waals surface area (Å²) in [5.41, 5.74) is 4.73. The predicted molar refractivity (Wildman–Crippen MR) is 122 cm³/mol. The molecule has 132 valence electrons. The zero-order chi connectivity index (χ0) is 19.1. The Morgan fingerprint density at radius 3 is 0.917 bits per heavy atom. The third-order valence-corrected chi connectivity index (χ3v) is 4.55. The van der Waals surface area contributed by atoms with Crippen LogP contribution in [0.4, 0.5) is 0 Å². The third-order valence-electron chi connectivity index (χ3n) is 2.96. The molecule has 24 heavy (non-hydrogen) atoms. The highest BCUT2D eigenvalue weighted by Gasteiger charge is 1.99. The molecule has 0 aliphatic heterocycles. The van der Waals surface area contributed by atoms with Gasteiger partial charge in [0.25, 0.3) is 0 Å². The van der Waals surface area contributed by atoms with Gasteiger partial charge in [-0.3, -0.25) is 0 Å². The molecule has 0 spiro atoms. The minimum absolute atomic E-state index is 0.0235. The molecule has 0 rings (SSSR count). The summed E-state index contributed by atoms with van der Waals surface area (Å²) in [6, 6.07) is 0. The molecule has 0 atom stereocenters. The number of allylic oxidation sites excluding steroid dienone is 10. The Kier molecular flexibility index (Phi) is 16.0. The van der Waals surface area contributed by atoms with E-state index in [-0.39, 0.29) is 15.8 Å². The maximum Gasteiger partial charge on any atom is -0.0185 e. The summed E-state index contributed by atoms with van der Waals surface area (Å²) in [6.45, 7) is 28.0. The quantitative estimate of drug-likeness (QED) is 0.305. The fraction of sp³-hybridized carbons (Fsp3) is 0.273. The highest BCUT2D eigenvalue weighted by Crippen LogP contribution is 2.35. The Hall–Kier alpha value is -1.22. The van der Waals surface area contributed by atoms with E-state index in [2.05, 4.69) is 64.6 Å². The van der Waals surface area contributed by atoms with Crippen LogP contribution in [-0.4, -0.2) is 26.7 Å². The summed E-state index contributed by atoms with van der Waals surface area (Å²) in [5, 5.41) is 0. The van der Waals surface area contributed by atoms with Crippen molar-refractivity contribution in [2.24, 2.45) is 0 Å². The van der Waals surface area contributed by atoms with Crippen LogP contribution in [0.1, 0.15) is 13.8 Å². The molecule has 0 unspecified atom stereocenters. The van der Waals surface area contributed by atoms with Gasteiger partial charge in [0.2, 0.25) is 0 Å². The van der Waals surface area contributed by atoms with Crippen molar-refractivity contribution in [3.05, 3.63) is 96.7 Å². The van der Waals surface area contributed by atoms with Gasteiger partial charge in [0.1, 0.15) is 0 Å². The van der Waals surface area contributed by atoms with Crippen molar-refractivity contribution in [3.8, 4) is 0 Å². The van der Waals surface area contributed by atoms with Crippen LogP contribution in [-0.2, 0) is 0 Å². The van der Waals surface area contributed by atoms with Gasteiger partial charge in [-0.15, -0.1) is 0 Å². The second kappa shape index (κ2) is 15.3. The highest BCUT2D eigenvalue weighted by atomic mass is 31.1. The summed E-state index contributed by atoms with van der Waals surface area (Å²) in [4.78, 5) is 0. The molecule has 0 saturated heterocycles. The Labute approximate surface area is 153 Å². The molecule has 2 heteroatoms. The number of hydrogen-bond acceptors (Lipinski definition) is 0. The lowest BCUT2D eigenvalue weighted by Gasteiger charge is -2.07. The zero-order valence-electron chi connectivity index (χ0n) is 16.3. The van der Waals surface area contributed by atoms with E-state index in [1.54, 1.807) is 0 Å². The number of hydrogen-bond donors (Lipinski definition) is 0. The number of rotatable bonds is 8. The first-order valence-electron chi connectivity index (χ1n) is 7.90. The molecule has 0 bridgehead atoms. The molecule has 0 radical (unpaired) electrons. The summed E-state index contributed by atoms with van der Waals surface area (Å²) in [5.74, 6) is 4.57. The molecule has 0 saturated carbocycles. The Bertz CT molecular complexity index is 488. The molecule has 0 aromatic rings. The standard InChI is InChI=1S/C12H20P2.C10H14/c1-7-11(9-13(3)4)12(8-2)10-14(5)6;1-5-9(6-2)10(7-3)8-4/h7-10H,1-2H2,3-6H3;5-8H,1,3H2,2,4H3/b11-9-,12-10-;9-6-,10-8-. The second-order valence-electron chi connectivity index (χ2n) is 5.40. The van der Waals surface area contributed by atoms with E-state index < -0.39 is 0 Å². The first kappa shape index (κ1) is 25.0. The van der Waals surface area contributed by atoms with Crippen LogP contribution in [0.5, 0.6) is 0 Å². The van der Waals surface area contributed by atoms with Crippen molar-refractivity contribution in [1.29, 1.82) is 0 Å². The van der Waals surface area contributed by atoms with Crippen LogP contribution >= 0.6 is 15.8 Å². The largest absolute Gasteiger partial charge is 0.0985 e. The first-order valence-corrected chi connectivity index (χ1v) is 12.5. The van der Waals surface area contributed by atoms with Crippen molar-refractivity contribution < 1.29 is 0 Å². The molecule has 0 aliphatic carbocycles. The summed E-state index contributed by atoms with van der Waals surface area (Å²) >= 11 is 0. The lowest BCUT2D eigenvalue weighted by atomic mass is 10.1. The Morgan fingerprint density at radius 2 is 0.792 bits per heavy atom. The van der Waals surface area contributed by atoms with E-state index in [9.17, 15) is 0 Å². The predicted octanol–water partition coefficient (Wildman–Crippen LogP) is 7.86. The fourth-order valence-electron chi connectivity index (χ4n) is 1.85. The van der Waals surface area contributed by atoms with E-state index in [0.29, 0.717) is 0 Å². The average molecular weight is 360 g/mol. The van der Waals surface area contributed by atoms with E-state index in [4.69, 9.17) is 0 Å². The van der Waals surface area contributed by atoms with Crippen molar-refractivity contribution in [1.82, 2.24) is 0 Å². The van der Waals surface area contributed by atoms with Crippen molar-refractivity contribution in [2.45, 2.75) is 13.8 Å². The highest BCUT2D eigenvalue weighted by molar-refractivity contribution is 7.59. The van der Waals surface area contributed by atoms with Crippen LogP contribution < -0.4 is 0 Å². The van der Waals surface area contributed by atoms with Crippen LogP contribution in [0, 0.1) is 0 Å². The lowest BCUT2D eigenvalue weighted by molar-refractivity contribution is 1.48. The van der Waals surface area contributed by atoms with Gasteiger partial charge in [-0.25, -0.2) is 0 Å². The smallest absolute Gasteiger partial charge is 0.0185 e. The second-order valence-corrected chi connectivity index (χ2v) is 9.77. The maximum absolute atomic E-state index is 3.85. The van der Waals surface area contributed by atoms with Gasteiger partial charge >= 0.3 is 0 Å². The van der Waals surface area contributed by atoms with Gasteiger partial charge in [-0.05, 0) is 62.8 Å². The van der Waals surface area contributed by atoms with E-state index in [0.717, 1.165) is 11.1 Å². The Balaban J connectivity index is 0. The van der Waals surface area contributed by atoms with Crippen LogP contribution in [0.2, 0.25) is 0 Å². The SMILES string of the molecule is C=CC(=C/C)/C(C=C)=C\C.C=CC(=C/P(C)C)/C(C=C)=C\P(C)C. The molecular weight excluding hydrogens is 326 g/mol. The molecule has 0 aromatic heterocycles. The van der Waals surface area contributed by atoms with Gasteiger partial charge in [0.15, 0.2) is 0 Å². The van der Waals surface area contributed by atoms with Crippen LogP contribution in [0.25, 0.3) is 0 Å². The van der Waals surface area contributed by atoms with Crippen LogP contribution in [0.3, 0.4) is 0 Å². The first-order chi connectivity index (χ1) is 11.3. The normalized spacial score (nSPS) is 13.3. The fourth-order valence-corrected chi connectivity index (χ4v) is 3.47. The molecule has 0 amide bonds. The molecule has 0 nitrogen and oxygen atoms in total. The molecular formula is C22H34P2.